The largest absolute Gasteiger partial charge is 0.299 e. The third-order valence-corrected chi connectivity index (χ3v) is 7.48. The van der Waals surface area contributed by atoms with Crippen molar-refractivity contribution >= 4 is 5.91 Å². The zero-order valence-electron chi connectivity index (χ0n) is 21.2. The maximum absolute atomic E-state index is 12.5. The van der Waals surface area contributed by atoms with Gasteiger partial charge in [-0.15, -0.1) is 0 Å². The number of hydrazine groups is 1. The zero-order valence-corrected chi connectivity index (χ0v) is 21.2. The summed E-state index contributed by atoms with van der Waals surface area (Å²) in [5.41, 5.74) is 9.05. The van der Waals surface area contributed by atoms with Gasteiger partial charge in [0.1, 0.15) is 0 Å². The van der Waals surface area contributed by atoms with Gasteiger partial charge in [0, 0.05) is 39.6 Å². The Kier molecular flexibility index (Phi) is 8.52. The van der Waals surface area contributed by atoms with Crippen LogP contribution >= 0.6 is 0 Å². The Balaban J connectivity index is 1.47. The van der Waals surface area contributed by atoms with E-state index >= 15 is 0 Å². The molecule has 0 bridgehead atoms. The molecular weight excluding hydrogens is 434 g/mol. The molecule has 4 rings (SSSR count). The molecule has 6 nitrogen and oxygen atoms in total. The minimum absolute atomic E-state index is 0.0179. The molecule has 0 spiro atoms. The molecule has 1 aliphatic carbocycles. The van der Waals surface area contributed by atoms with Crippen LogP contribution < -0.4 is 16.2 Å². The molecule has 0 aromatic heterocycles. The number of nitrogens with one attached hydrogen (secondary N) is 3. The lowest BCUT2D eigenvalue weighted by molar-refractivity contribution is -0.124. The lowest BCUT2D eigenvalue weighted by Crippen LogP contribution is -2.62. The quantitative estimate of drug-likeness (QED) is 0.487. The highest BCUT2D eigenvalue weighted by atomic mass is 16.2. The number of benzene rings is 2. The number of amides is 1. The van der Waals surface area contributed by atoms with Crippen LogP contribution in [-0.2, 0) is 4.79 Å². The maximum atomic E-state index is 12.5. The van der Waals surface area contributed by atoms with Crippen molar-refractivity contribution in [1.29, 1.82) is 0 Å². The van der Waals surface area contributed by atoms with E-state index in [0.29, 0.717) is 0 Å². The molecule has 2 atom stereocenters. The molecule has 0 saturated carbocycles. The minimum atomic E-state index is -0.220. The first-order valence-electron chi connectivity index (χ1n) is 12.8. The van der Waals surface area contributed by atoms with Crippen LogP contribution in [0.25, 0.3) is 0 Å². The molecule has 1 heterocycles. The smallest absolute Gasteiger partial charge is 0.241 e. The maximum Gasteiger partial charge on any atom is 0.241 e. The molecule has 6 heteroatoms. The van der Waals surface area contributed by atoms with E-state index in [0.717, 1.165) is 44.6 Å². The van der Waals surface area contributed by atoms with Gasteiger partial charge in [-0.25, -0.2) is 5.43 Å². The first kappa shape index (κ1) is 25.3. The molecule has 2 aliphatic rings. The van der Waals surface area contributed by atoms with Crippen molar-refractivity contribution in [2.24, 2.45) is 5.92 Å². The van der Waals surface area contributed by atoms with Crippen molar-refractivity contribution in [3.63, 3.8) is 0 Å². The van der Waals surface area contributed by atoms with E-state index in [1.807, 2.05) is 7.05 Å². The minimum Gasteiger partial charge on any atom is -0.299 e. The molecule has 1 saturated heterocycles. The van der Waals surface area contributed by atoms with Crippen molar-refractivity contribution in [2.75, 3.05) is 40.3 Å². The topological polar surface area (TPSA) is 59.6 Å². The molecule has 1 aliphatic heterocycles. The fraction of sp³-hybridized carbons (Fsp3) is 0.414. The Hall–Kier alpha value is -2.77. The summed E-state index contributed by atoms with van der Waals surface area (Å²) in [7, 11) is 3.76. The van der Waals surface area contributed by atoms with E-state index in [9.17, 15) is 4.79 Å². The Labute approximate surface area is 210 Å². The summed E-state index contributed by atoms with van der Waals surface area (Å²) in [6.45, 7) is 5.99. The zero-order chi connectivity index (χ0) is 24.7. The Morgan fingerprint density at radius 3 is 2.00 bits per heavy atom. The van der Waals surface area contributed by atoms with Crippen LogP contribution in [0.2, 0.25) is 0 Å². The van der Waals surface area contributed by atoms with Crippen LogP contribution in [-0.4, -0.2) is 61.6 Å². The van der Waals surface area contributed by atoms with E-state index in [-0.39, 0.29) is 23.5 Å². The number of carbonyl (C=O) groups excluding carboxylic acids is 1. The standard InChI is InChI=1S/C29H39N5O/c1-4-26(28(35)32-31-3)23-15-17-29(30-2,18-16-23)34-21-19-33(20-22-34)27(24-11-7-5-8-12-24)25-13-9-6-10-14-25/h5-17,26-27,30-31H,4,18-22H2,1-3H3,(H,32,35). The number of rotatable bonds is 9. The highest BCUT2D eigenvalue weighted by Gasteiger charge is 2.38. The van der Waals surface area contributed by atoms with Gasteiger partial charge in [-0.05, 0) is 36.2 Å². The third-order valence-electron chi connectivity index (χ3n) is 7.48. The second kappa shape index (κ2) is 11.8. The molecule has 2 aromatic rings. The lowest BCUT2D eigenvalue weighted by atomic mass is 9.86. The average Bonchev–Trinajstić information content (AvgIpc) is 2.92. The number of hydrogen-bond donors (Lipinski definition) is 3. The Morgan fingerprint density at radius 2 is 1.54 bits per heavy atom. The van der Waals surface area contributed by atoms with Gasteiger partial charge in [0.2, 0.25) is 5.91 Å². The highest BCUT2D eigenvalue weighted by molar-refractivity contribution is 5.81. The molecule has 2 unspecified atom stereocenters. The predicted octanol–water partition coefficient (Wildman–Crippen LogP) is 3.47. The molecule has 1 amide bonds. The van der Waals surface area contributed by atoms with Crippen LogP contribution in [0.3, 0.4) is 0 Å². The summed E-state index contributed by atoms with van der Waals surface area (Å²) in [5, 5.41) is 3.59. The van der Waals surface area contributed by atoms with Crippen molar-refractivity contribution in [2.45, 2.75) is 31.5 Å². The summed E-state index contributed by atoms with van der Waals surface area (Å²) in [6, 6.07) is 21.9. The van der Waals surface area contributed by atoms with Crippen LogP contribution in [0.1, 0.15) is 36.9 Å². The molecule has 2 aromatic carbocycles. The molecule has 186 valence electrons. The van der Waals surface area contributed by atoms with Crippen LogP contribution in [0.5, 0.6) is 0 Å². The monoisotopic (exact) mass is 473 g/mol. The molecule has 0 radical (unpaired) electrons. The van der Waals surface area contributed by atoms with E-state index in [4.69, 9.17) is 0 Å². The lowest BCUT2D eigenvalue weighted by Gasteiger charge is -2.48. The number of piperazine rings is 1. The summed E-state index contributed by atoms with van der Waals surface area (Å²) < 4.78 is 0. The van der Waals surface area contributed by atoms with E-state index < -0.39 is 0 Å². The predicted molar refractivity (Wildman–Crippen MR) is 142 cm³/mol. The molecular formula is C29H39N5O. The summed E-state index contributed by atoms with van der Waals surface area (Å²) in [5.74, 6) is -0.118. The Morgan fingerprint density at radius 1 is 0.943 bits per heavy atom. The number of allylic oxidation sites excluding steroid dienone is 1. The number of likely N-dealkylation sites (N-methyl/N-ethyl adjacent to an activating group) is 1. The second-order valence-corrected chi connectivity index (χ2v) is 9.36. The van der Waals surface area contributed by atoms with Crippen LogP contribution in [0, 0.1) is 5.92 Å². The van der Waals surface area contributed by atoms with E-state index in [1.165, 1.54) is 11.1 Å². The van der Waals surface area contributed by atoms with Crippen LogP contribution in [0.4, 0.5) is 0 Å². The summed E-state index contributed by atoms with van der Waals surface area (Å²) in [6.07, 6.45) is 8.27. The number of carbonyl (C=O) groups is 1. The van der Waals surface area contributed by atoms with Gasteiger partial charge in [-0.1, -0.05) is 79.7 Å². The van der Waals surface area contributed by atoms with Gasteiger partial charge in [0.05, 0.1) is 17.6 Å². The van der Waals surface area contributed by atoms with Crippen LogP contribution in [0.15, 0.2) is 84.5 Å². The van der Waals surface area contributed by atoms with E-state index in [1.54, 1.807) is 7.05 Å². The molecule has 3 N–H and O–H groups in total. The van der Waals surface area contributed by atoms with Gasteiger partial charge in [-0.2, -0.15) is 0 Å². The van der Waals surface area contributed by atoms with Gasteiger partial charge in [-0.3, -0.25) is 25.3 Å². The third kappa shape index (κ3) is 5.57. The Bertz CT molecular complexity index is 974. The van der Waals surface area contributed by atoms with Gasteiger partial charge < -0.3 is 0 Å². The van der Waals surface area contributed by atoms with Gasteiger partial charge in [0.25, 0.3) is 0 Å². The second-order valence-electron chi connectivity index (χ2n) is 9.36. The van der Waals surface area contributed by atoms with E-state index in [2.05, 4.69) is 112 Å². The van der Waals surface area contributed by atoms with Crippen molar-refractivity contribution in [3.8, 4) is 0 Å². The molecule has 1 fully saturated rings. The highest BCUT2D eigenvalue weighted by Crippen LogP contribution is 2.33. The average molecular weight is 474 g/mol. The summed E-state index contributed by atoms with van der Waals surface area (Å²) >= 11 is 0. The SMILES string of the molecule is CCC(C(=O)NNC)C1=CCC(NC)(N2CCN(C(c3ccccc3)c3ccccc3)CC2)C=C1. The summed E-state index contributed by atoms with van der Waals surface area (Å²) in [4.78, 5) is 17.6. The van der Waals surface area contributed by atoms with Crippen molar-refractivity contribution in [3.05, 3.63) is 95.6 Å². The fourth-order valence-corrected chi connectivity index (χ4v) is 5.53. The normalized spacial score (nSPS) is 22.1. The van der Waals surface area contributed by atoms with Gasteiger partial charge in [0.15, 0.2) is 0 Å². The first-order chi connectivity index (χ1) is 17.1. The molecule has 35 heavy (non-hydrogen) atoms. The fourth-order valence-electron chi connectivity index (χ4n) is 5.53. The van der Waals surface area contributed by atoms with Crippen molar-refractivity contribution in [1.82, 2.24) is 26.0 Å². The van der Waals surface area contributed by atoms with Crippen molar-refractivity contribution < 1.29 is 4.79 Å². The van der Waals surface area contributed by atoms with Gasteiger partial charge >= 0.3 is 0 Å². The number of hydrogen-bond acceptors (Lipinski definition) is 5. The first-order valence-corrected chi connectivity index (χ1v) is 12.8. The number of nitrogens with zero attached hydrogens (tertiary/aromatic N) is 2.